The Morgan fingerprint density at radius 1 is 1.57 bits per heavy atom. The Hall–Kier alpha value is -1.95. The van der Waals surface area contributed by atoms with Crippen LogP contribution < -0.4 is 0 Å². The molecule has 14 heavy (non-hydrogen) atoms. The summed E-state index contributed by atoms with van der Waals surface area (Å²) in [5, 5.41) is 8.77. The van der Waals surface area contributed by atoms with Gasteiger partial charge in [-0.2, -0.15) is 5.26 Å². The number of benzene rings is 1. The van der Waals surface area contributed by atoms with E-state index in [1.54, 1.807) is 12.1 Å². The van der Waals surface area contributed by atoms with Crippen LogP contribution in [0.3, 0.4) is 0 Å². The Balaban J connectivity index is 3.13. The number of carbonyl (C=O) groups excluding carboxylic acids is 2. The van der Waals surface area contributed by atoms with Crippen LogP contribution in [0.4, 0.5) is 0 Å². The lowest BCUT2D eigenvalue weighted by molar-refractivity contribution is -0.116. The Morgan fingerprint density at radius 3 is 2.79 bits per heavy atom. The van der Waals surface area contributed by atoms with Crippen LogP contribution in [-0.4, -0.2) is 12.1 Å². The van der Waals surface area contributed by atoms with Crippen molar-refractivity contribution in [2.45, 2.75) is 13.3 Å². The molecular formula is C11H9NO2. The molecule has 0 atom stereocenters. The average molecular weight is 187 g/mol. The summed E-state index contributed by atoms with van der Waals surface area (Å²) in [7, 11) is 0. The van der Waals surface area contributed by atoms with E-state index in [9.17, 15) is 9.59 Å². The van der Waals surface area contributed by atoms with E-state index in [2.05, 4.69) is 0 Å². The lowest BCUT2D eigenvalue weighted by Crippen LogP contribution is -1.99. The number of Topliss-reactive ketones (excluding diaryl/α,β-unsaturated/α-hetero) is 1. The first-order chi connectivity index (χ1) is 6.67. The fourth-order valence-corrected chi connectivity index (χ4v) is 1.19. The van der Waals surface area contributed by atoms with Gasteiger partial charge >= 0.3 is 0 Å². The predicted octanol–water partition coefficient (Wildman–Crippen LogP) is 1.50. The molecular weight excluding hydrogens is 178 g/mol. The molecule has 0 fully saturated rings. The third-order valence-corrected chi connectivity index (χ3v) is 1.83. The number of ketones is 1. The van der Waals surface area contributed by atoms with Crippen LogP contribution in [0.25, 0.3) is 0 Å². The highest BCUT2D eigenvalue weighted by Gasteiger charge is 2.05. The molecule has 3 nitrogen and oxygen atoms in total. The molecule has 0 aliphatic heterocycles. The Labute approximate surface area is 82.0 Å². The van der Waals surface area contributed by atoms with Crippen LogP contribution in [0.5, 0.6) is 0 Å². The van der Waals surface area contributed by atoms with Gasteiger partial charge in [0.25, 0.3) is 0 Å². The maximum absolute atomic E-state index is 10.9. The van der Waals surface area contributed by atoms with Crippen LogP contribution in [0.1, 0.15) is 28.4 Å². The van der Waals surface area contributed by atoms with Crippen LogP contribution in [0.2, 0.25) is 0 Å². The average Bonchev–Trinajstić information content (AvgIpc) is 2.17. The van der Waals surface area contributed by atoms with E-state index in [0.29, 0.717) is 23.0 Å². The SMILES string of the molecule is CC(=O)Cc1ccc(C=O)cc1C#N. The summed E-state index contributed by atoms with van der Waals surface area (Å²) in [5.74, 6) is 0.000327. The van der Waals surface area contributed by atoms with E-state index < -0.39 is 0 Å². The molecule has 1 aromatic rings. The van der Waals surface area contributed by atoms with E-state index in [1.165, 1.54) is 13.0 Å². The molecule has 0 unspecified atom stereocenters. The van der Waals surface area contributed by atoms with Gasteiger partial charge in [-0.15, -0.1) is 0 Å². The van der Waals surface area contributed by atoms with Gasteiger partial charge in [-0.25, -0.2) is 0 Å². The molecule has 1 rings (SSSR count). The maximum Gasteiger partial charge on any atom is 0.150 e. The van der Waals surface area contributed by atoms with E-state index in [1.807, 2.05) is 6.07 Å². The normalized spacial score (nSPS) is 9.14. The van der Waals surface area contributed by atoms with E-state index in [0.717, 1.165) is 0 Å². The molecule has 0 aliphatic carbocycles. The van der Waals surface area contributed by atoms with Crippen LogP contribution in [0.15, 0.2) is 18.2 Å². The highest BCUT2D eigenvalue weighted by Crippen LogP contribution is 2.11. The van der Waals surface area contributed by atoms with Gasteiger partial charge in [0.1, 0.15) is 12.1 Å². The largest absolute Gasteiger partial charge is 0.300 e. The number of carbonyl (C=O) groups is 2. The fraction of sp³-hybridized carbons (Fsp3) is 0.182. The molecule has 0 radical (unpaired) electrons. The molecule has 70 valence electrons. The third-order valence-electron chi connectivity index (χ3n) is 1.83. The molecule has 0 bridgehead atoms. The number of nitrogens with zero attached hydrogens (tertiary/aromatic N) is 1. The van der Waals surface area contributed by atoms with Gasteiger partial charge < -0.3 is 0 Å². The molecule has 0 aliphatic rings. The van der Waals surface area contributed by atoms with Crippen molar-refractivity contribution in [3.63, 3.8) is 0 Å². The number of aldehydes is 1. The molecule has 1 aromatic carbocycles. The third kappa shape index (κ3) is 2.27. The van der Waals surface area contributed by atoms with Gasteiger partial charge in [-0.3, -0.25) is 9.59 Å². The summed E-state index contributed by atoms with van der Waals surface area (Å²) in [6, 6.07) is 6.70. The van der Waals surface area contributed by atoms with Crippen LogP contribution in [-0.2, 0) is 11.2 Å². The lowest BCUT2D eigenvalue weighted by Gasteiger charge is -2.01. The summed E-state index contributed by atoms with van der Waals surface area (Å²) < 4.78 is 0. The summed E-state index contributed by atoms with van der Waals surface area (Å²) in [6.45, 7) is 1.47. The molecule has 0 aromatic heterocycles. The first-order valence-corrected chi connectivity index (χ1v) is 4.15. The minimum Gasteiger partial charge on any atom is -0.300 e. The van der Waals surface area contributed by atoms with Gasteiger partial charge in [-0.1, -0.05) is 12.1 Å². The van der Waals surface area contributed by atoms with E-state index in [4.69, 9.17) is 5.26 Å². The van der Waals surface area contributed by atoms with Crippen molar-refractivity contribution in [2.24, 2.45) is 0 Å². The summed E-state index contributed by atoms with van der Waals surface area (Å²) in [4.78, 5) is 21.3. The Morgan fingerprint density at radius 2 is 2.29 bits per heavy atom. The summed E-state index contributed by atoms with van der Waals surface area (Å²) in [5.41, 5.74) is 1.52. The van der Waals surface area contributed by atoms with Crippen LogP contribution >= 0.6 is 0 Å². The monoisotopic (exact) mass is 187 g/mol. The highest BCUT2D eigenvalue weighted by atomic mass is 16.1. The van der Waals surface area contributed by atoms with Crippen molar-refractivity contribution in [2.75, 3.05) is 0 Å². The molecule has 3 heteroatoms. The van der Waals surface area contributed by atoms with Crippen molar-refractivity contribution < 1.29 is 9.59 Å². The zero-order valence-electron chi connectivity index (χ0n) is 7.78. The van der Waals surface area contributed by atoms with Gasteiger partial charge in [0.15, 0.2) is 0 Å². The van der Waals surface area contributed by atoms with Crippen molar-refractivity contribution in [3.05, 3.63) is 34.9 Å². The first kappa shape index (κ1) is 10.1. The fourth-order valence-electron chi connectivity index (χ4n) is 1.19. The molecule has 0 amide bonds. The molecule has 0 spiro atoms. The highest BCUT2D eigenvalue weighted by molar-refractivity contribution is 5.80. The molecule has 0 heterocycles. The van der Waals surface area contributed by atoms with Gasteiger partial charge in [-0.05, 0) is 18.6 Å². The van der Waals surface area contributed by atoms with Crippen molar-refractivity contribution in [3.8, 4) is 6.07 Å². The minimum atomic E-state index is 0.000327. The lowest BCUT2D eigenvalue weighted by atomic mass is 10.0. The summed E-state index contributed by atoms with van der Waals surface area (Å²) in [6.07, 6.45) is 0.917. The second-order valence-corrected chi connectivity index (χ2v) is 3.03. The standard InChI is InChI=1S/C11H9NO2/c1-8(14)4-10-3-2-9(7-13)5-11(10)6-12/h2-3,5,7H,4H2,1H3. The smallest absolute Gasteiger partial charge is 0.150 e. The van der Waals surface area contributed by atoms with Gasteiger partial charge in [0.2, 0.25) is 0 Å². The Bertz CT molecular complexity index is 416. The van der Waals surface area contributed by atoms with E-state index in [-0.39, 0.29) is 12.2 Å². The van der Waals surface area contributed by atoms with Gasteiger partial charge in [0, 0.05) is 12.0 Å². The van der Waals surface area contributed by atoms with Crippen molar-refractivity contribution in [1.82, 2.24) is 0 Å². The topological polar surface area (TPSA) is 57.9 Å². The number of hydrogen-bond donors (Lipinski definition) is 0. The second kappa shape index (κ2) is 4.33. The van der Waals surface area contributed by atoms with Gasteiger partial charge in [0.05, 0.1) is 11.6 Å². The minimum absolute atomic E-state index is 0.000327. The number of rotatable bonds is 3. The zero-order valence-corrected chi connectivity index (χ0v) is 7.78. The Kier molecular flexibility index (Phi) is 3.14. The molecule has 0 N–H and O–H groups in total. The molecule has 0 saturated heterocycles. The van der Waals surface area contributed by atoms with Crippen molar-refractivity contribution in [1.29, 1.82) is 5.26 Å². The first-order valence-electron chi connectivity index (χ1n) is 4.15. The van der Waals surface area contributed by atoms with E-state index >= 15 is 0 Å². The number of hydrogen-bond acceptors (Lipinski definition) is 3. The molecule has 0 saturated carbocycles. The maximum atomic E-state index is 10.9. The predicted molar refractivity (Wildman–Crippen MR) is 50.9 cm³/mol. The van der Waals surface area contributed by atoms with Crippen molar-refractivity contribution >= 4 is 12.1 Å². The second-order valence-electron chi connectivity index (χ2n) is 3.03. The van der Waals surface area contributed by atoms with Crippen LogP contribution in [0, 0.1) is 11.3 Å². The zero-order chi connectivity index (χ0) is 10.6. The number of nitriles is 1. The quantitative estimate of drug-likeness (QED) is 0.674. The summed E-state index contributed by atoms with van der Waals surface area (Å²) >= 11 is 0.